The van der Waals surface area contributed by atoms with Crippen LogP contribution in [-0.2, 0) is 6.42 Å². The van der Waals surface area contributed by atoms with E-state index in [0.717, 1.165) is 28.0 Å². The lowest BCUT2D eigenvalue weighted by atomic mass is 10.1. The van der Waals surface area contributed by atoms with Gasteiger partial charge in [-0.15, -0.1) is 0 Å². The zero-order valence-electron chi connectivity index (χ0n) is 8.84. The molecule has 3 heteroatoms. The molecule has 2 nitrogen and oxygen atoms in total. The molecule has 0 bridgehead atoms. The first-order valence-corrected chi connectivity index (χ1v) is 5.65. The molecule has 0 spiro atoms. The number of methoxy groups -OCH3 is 1. The predicted molar refractivity (Wildman–Crippen MR) is 63.7 cm³/mol. The van der Waals surface area contributed by atoms with Crippen LogP contribution in [0.2, 0.25) is 0 Å². The van der Waals surface area contributed by atoms with E-state index in [0.29, 0.717) is 6.61 Å². The number of allylic oxidation sites excluding steroid dienone is 1. The Morgan fingerprint density at radius 3 is 2.93 bits per heavy atom. The third kappa shape index (κ3) is 2.17. The minimum atomic E-state index is 0.644. The second-order valence-corrected chi connectivity index (χ2v) is 4.56. The first-order valence-electron chi connectivity index (χ1n) is 4.85. The average molecular weight is 269 g/mol. The molecule has 80 valence electrons. The Kier molecular flexibility index (Phi) is 3.00. The highest BCUT2D eigenvalue weighted by Gasteiger charge is 2.14. The minimum absolute atomic E-state index is 0.644. The van der Waals surface area contributed by atoms with Crippen LogP contribution in [0, 0.1) is 0 Å². The highest BCUT2D eigenvalue weighted by atomic mass is 79.9. The second-order valence-electron chi connectivity index (χ2n) is 3.64. The number of halogens is 1. The van der Waals surface area contributed by atoms with Gasteiger partial charge in [0.15, 0.2) is 11.5 Å². The molecule has 0 saturated carbocycles. The van der Waals surface area contributed by atoms with E-state index in [1.807, 2.05) is 6.07 Å². The van der Waals surface area contributed by atoms with E-state index in [-0.39, 0.29) is 0 Å². The van der Waals surface area contributed by atoms with Crippen LogP contribution in [0.3, 0.4) is 0 Å². The summed E-state index contributed by atoms with van der Waals surface area (Å²) in [6, 6.07) is 4.01. The van der Waals surface area contributed by atoms with E-state index >= 15 is 0 Å². The molecular formula is C12H13BrO2. The Labute approximate surface area is 98.0 Å². The van der Waals surface area contributed by atoms with Gasteiger partial charge in [-0.1, -0.05) is 22.0 Å². The molecule has 0 radical (unpaired) electrons. The van der Waals surface area contributed by atoms with E-state index in [1.54, 1.807) is 7.11 Å². The maximum Gasteiger partial charge on any atom is 0.165 e. The van der Waals surface area contributed by atoms with Gasteiger partial charge >= 0.3 is 0 Å². The second kappa shape index (κ2) is 4.27. The van der Waals surface area contributed by atoms with Crippen molar-refractivity contribution in [3.8, 4) is 11.5 Å². The zero-order valence-corrected chi connectivity index (χ0v) is 10.4. The molecule has 0 N–H and O–H groups in total. The average Bonchev–Trinajstić information content (AvgIpc) is 2.40. The summed E-state index contributed by atoms with van der Waals surface area (Å²) in [7, 11) is 1.66. The fourth-order valence-electron chi connectivity index (χ4n) is 1.62. The van der Waals surface area contributed by atoms with Crippen molar-refractivity contribution in [1.29, 1.82) is 0 Å². The molecule has 0 amide bonds. The maximum atomic E-state index is 5.72. The van der Waals surface area contributed by atoms with Crippen LogP contribution in [0.1, 0.15) is 12.5 Å². The summed E-state index contributed by atoms with van der Waals surface area (Å²) in [6.45, 7) is 2.72. The molecule has 1 aromatic rings. The van der Waals surface area contributed by atoms with Crippen LogP contribution in [0.5, 0.6) is 11.5 Å². The number of ether oxygens (including phenoxy) is 2. The molecular weight excluding hydrogens is 256 g/mol. The summed E-state index contributed by atoms with van der Waals surface area (Å²) in [5, 5.41) is 0. The quantitative estimate of drug-likeness (QED) is 0.728. The lowest BCUT2D eigenvalue weighted by Gasteiger charge is -2.12. The van der Waals surface area contributed by atoms with Gasteiger partial charge < -0.3 is 9.47 Å². The molecule has 1 aromatic carbocycles. The standard InChI is InChI=1S/C12H13BrO2/c1-8-3-4-9-5-10(13)6-11(14-2)12(9)15-7-8/h3,5-6H,4,7H2,1-2H3. The summed E-state index contributed by atoms with van der Waals surface area (Å²) >= 11 is 3.47. The van der Waals surface area contributed by atoms with Gasteiger partial charge in [-0.25, -0.2) is 0 Å². The smallest absolute Gasteiger partial charge is 0.165 e. The van der Waals surface area contributed by atoms with Gasteiger partial charge in [0.05, 0.1) is 7.11 Å². The number of rotatable bonds is 1. The topological polar surface area (TPSA) is 18.5 Å². The van der Waals surface area contributed by atoms with Crippen molar-refractivity contribution in [3.05, 3.63) is 33.8 Å². The molecule has 0 saturated heterocycles. The van der Waals surface area contributed by atoms with E-state index in [4.69, 9.17) is 9.47 Å². The van der Waals surface area contributed by atoms with Gasteiger partial charge in [0.2, 0.25) is 0 Å². The maximum absolute atomic E-state index is 5.72. The molecule has 0 atom stereocenters. The van der Waals surface area contributed by atoms with Crippen molar-refractivity contribution in [2.24, 2.45) is 0 Å². The van der Waals surface area contributed by atoms with Crippen molar-refractivity contribution in [2.45, 2.75) is 13.3 Å². The van der Waals surface area contributed by atoms with E-state index in [1.165, 1.54) is 5.57 Å². The first kappa shape index (κ1) is 10.6. The third-order valence-corrected chi connectivity index (χ3v) is 2.89. The number of hydrogen-bond donors (Lipinski definition) is 0. The summed E-state index contributed by atoms with van der Waals surface area (Å²) < 4.78 is 12.1. The molecule has 0 aliphatic carbocycles. The van der Waals surface area contributed by atoms with Crippen molar-refractivity contribution >= 4 is 15.9 Å². The van der Waals surface area contributed by atoms with Crippen LogP contribution >= 0.6 is 15.9 Å². The Hall–Kier alpha value is -0.960. The molecule has 1 aliphatic rings. The molecule has 0 aromatic heterocycles. The van der Waals surface area contributed by atoms with E-state index < -0.39 is 0 Å². The van der Waals surface area contributed by atoms with Crippen LogP contribution in [0.4, 0.5) is 0 Å². The van der Waals surface area contributed by atoms with E-state index in [2.05, 4.69) is 35.0 Å². The van der Waals surface area contributed by atoms with Gasteiger partial charge in [-0.2, -0.15) is 0 Å². The van der Waals surface area contributed by atoms with Crippen LogP contribution in [-0.4, -0.2) is 13.7 Å². The third-order valence-electron chi connectivity index (χ3n) is 2.43. The molecule has 1 heterocycles. The van der Waals surface area contributed by atoms with Crippen LogP contribution in [0.15, 0.2) is 28.3 Å². The van der Waals surface area contributed by atoms with Crippen molar-refractivity contribution in [2.75, 3.05) is 13.7 Å². The Bertz CT molecular complexity index is 410. The Morgan fingerprint density at radius 2 is 2.20 bits per heavy atom. The van der Waals surface area contributed by atoms with Gasteiger partial charge in [0.1, 0.15) is 6.61 Å². The number of benzene rings is 1. The van der Waals surface area contributed by atoms with Crippen LogP contribution in [0.25, 0.3) is 0 Å². The summed E-state index contributed by atoms with van der Waals surface area (Å²) in [5.41, 5.74) is 2.42. The molecule has 15 heavy (non-hydrogen) atoms. The fraction of sp³-hybridized carbons (Fsp3) is 0.333. The van der Waals surface area contributed by atoms with Gasteiger partial charge in [0.25, 0.3) is 0 Å². The van der Waals surface area contributed by atoms with Crippen molar-refractivity contribution < 1.29 is 9.47 Å². The molecule has 0 unspecified atom stereocenters. The first-order chi connectivity index (χ1) is 7.20. The Morgan fingerprint density at radius 1 is 1.40 bits per heavy atom. The highest BCUT2D eigenvalue weighted by Crippen LogP contribution is 2.36. The summed E-state index contributed by atoms with van der Waals surface area (Å²) in [6.07, 6.45) is 3.09. The molecule has 0 fully saturated rings. The van der Waals surface area contributed by atoms with E-state index in [9.17, 15) is 0 Å². The Balaban J connectivity index is 2.47. The predicted octanol–water partition coefficient (Wildman–Crippen LogP) is 3.34. The monoisotopic (exact) mass is 268 g/mol. The molecule has 1 aliphatic heterocycles. The van der Waals surface area contributed by atoms with Crippen molar-refractivity contribution in [3.63, 3.8) is 0 Å². The van der Waals surface area contributed by atoms with Crippen LogP contribution < -0.4 is 9.47 Å². The number of hydrogen-bond acceptors (Lipinski definition) is 2. The van der Waals surface area contributed by atoms with Crippen molar-refractivity contribution in [1.82, 2.24) is 0 Å². The fourth-order valence-corrected chi connectivity index (χ4v) is 2.10. The van der Waals surface area contributed by atoms with Gasteiger partial charge in [0, 0.05) is 10.0 Å². The van der Waals surface area contributed by atoms with Gasteiger partial charge in [-0.3, -0.25) is 0 Å². The normalized spacial score (nSPS) is 14.7. The molecule has 2 rings (SSSR count). The SMILES string of the molecule is COc1cc(Br)cc2c1OCC(C)=CC2. The largest absolute Gasteiger partial charge is 0.493 e. The zero-order chi connectivity index (χ0) is 10.8. The van der Waals surface area contributed by atoms with Gasteiger partial charge in [-0.05, 0) is 31.1 Å². The minimum Gasteiger partial charge on any atom is -0.493 e. The highest BCUT2D eigenvalue weighted by molar-refractivity contribution is 9.10. The lowest BCUT2D eigenvalue weighted by Crippen LogP contribution is -2.00. The lowest BCUT2D eigenvalue weighted by molar-refractivity contribution is 0.319. The summed E-state index contributed by atoms with van der Waals surface area (Å²) in [4.78, 5) is 0. The number of fused-ring (bicyclic) bond motifs is 1. The summed E-state index contributed by atoms with van der Waals surface area (Å²) in [5.74, 6) is 1.66.